The van der Waals surface area contributed by atoms with Crippen molar-refractivity contribution in [1.29, 1.82) is 0 Å². The lowest BCUT2D eigenvalue weighted by molar-refractivity contribution is -0.139. The van der Waals surface area contributed by atoms with Crippen LogP contribution in [0.2, 0.25) is 10.0 Å². The second kappa shape index (κ2) is 5.70. The number of carboxylic acids is 1. The van der Waals surface area contributed by atoms with Crippen LogP contribution in [-0.4, -0.2) is 17.7 Å². The van der Waals surface area contributed by atoms with Gasteiger partial charge < -0.3 is 16.0 Å². The normalized spacial score (nSPS) is 9.00. The van der Waals surface area contributed by atoms with Crippen molar-refractivity contribution in [2.24, 2.45) is 0 Å². The SMILES string of the molecule is O=C(O)COc1ccc(Cl)cc1Cl.[NH4+]. The van der Waals surface area contributed by atoms with E-state index < -0.39 is 12.6 Å². The van der Waals surface area contributed by atoms with Crippen molar-refractivity contribution in [2.75, 3.05) is 6.61 Å². The summed E-state index contributed by atoms with van der Waals surface area (Å²) in [5, 5.41) is 9.11. The zero-order valence-electron chi connectivity index (χ0n) is 7.46. The molecule has 1 aromatic carbocycles. The van der Waals surface area contributed by atoms with Crippen LogP contribution < -0.4 is 10.9 Å². The third-order valence-corrected chi connectivity index (χ3v) is 1.78. The van der Waals surface area contributed by atoms with Crippen molar-refractivity contribution in [3.8, 4) is 5.75 Å². The number of benzene rings is 1. The van der Waals surface area contributed by atoms with Gasteiger partial charge in [0.15, 0.2) is 6.61 Å². The van der Waals surface area contributed by atoms with Crippen molar-refractivity contribution in [3.05, 3.63) is 28.2 Å². The first kappa shape index (κ1) is 13.0. The van der Waals surface area contributed by atoms with E-state index in [0.29, 0.717) is 15.8 Å². The van der Waals surface area contributed by atoms with Crippen LogP contribution in [-0.2, 0) is 4.79 Å². The van der Waals surface area contributed by atoms with E-state index in [2.05, 4.69) is 0 Å². The number of carbonyl (C=O) groups is 1. The van der Waals surface area contributed by atoms with Gasteiger partial charge in [-0.25, -0.2) is 4.79 Å². The van der Waals surface area contributed by atoms with Crippen LogP contribution in [0.4, 0.5) is 0 Å². The molecule has 0 aliphatic heterocycles. The zero-order chi connectivity index (χ0) is 9.84. The second-order valence-electron chi connectivity index (χ2n) is 2.26. The molecule has 0 unspecified atom stereocenters. The van der Waals surface area contributed by atoms with Crippen molar-refractivity contribution < 1.29 is 14.6 Å². The molecule has 0 aliphatic carbocycles. The van der Waals surface area contributed by atoms with Crippen LogP contribution in [0.5, 0.6) is 5.75 Å². The van der Waals surface area contributed by atoms with E-state index in [1.807, 2.05) is 0 Å². The van der Waals surface area contributed by atoms with Crippen LogP contribution in [0.25, 0.3) is 0 Å². The monoisotopic (exact) mass is 238 g/mol. The van der Waals surface area contributed by atoms with Gasteiger partial charge in [0.1, 0.15) is 5.75 Å². The number of quaternary nitrogens is 1. The Hall–Kier alpha value is -0.970. The fraction of sp³-hybridized carbons (Fsp3) is 0.125. The van der Waals surface area contributed by atoms with Gasteiger partial charge in [-0.05, 0) is 18.2 Å². The number of halogens is 2. The molecular weight excluding hydrogens is 229 g/mol. The molecule has 0 atom stereocenters. The maximum absolute atomic E-state index is 10.2. The Balaban J connectivity index is 0.00000169. The fourth-order valence-corrected chi connectivity index (χ4v) is 1.19. The summed E-state index contributed by atoms with van der Waals surface area (Å²) in [6.45, 7) is -0.415. The van der Waals surface area contributed by atoms with Crippen molar-refractivity contribution in [2.45, 2.75) is 0 Å². The van der Waals surface area contributed by atoms with E-state index in [0.717, 1.165) is 0 Å². The van der Waals surface area contributed by atoms with Gasteiger partial charge in [0.2, 0.25) is 0 Å². The first-order chi connectivity index (χ1) is 6.09. The fourth-order valence-electron chi connectivity index (χ4n) is 0.732. The van der Waals surface area contributed by atoms with Crippen molar-refractivity contribution in [1.82, 2.24) is 6.15 Å². The minimum atomic E-state index is -1.05. The van der Waals surface area contributed by atoms with E-state index in [4.69, 9.17) is 33.0 Å². The first-order valence-electron chi connectivity index (χ1n) is 3.39. The molecule has 14 heavy (non-hydrogen) atoms. The largest absolute Gasteiger partial charge is 0.480 e. The number of carboxylic acid groups (broad SMARTS) is 1. The maximum Gasteiger partial charge on any atom is 0.341 e. The van der Waals surface area contributed by atoms with E-state index in [9.17, 15) is 4.79 Å². The molecule has 0 radical (unpaired) electrons. The van der Waals surface area contributed by atoms with E-state index in [1.54, 1.807) is 6.07 Å². The smallest absolute Gasteiger partial charge is 0.341 e. The van der Waals surface area contributed by atoms with E-state index in [-0.39, 0.29) is 6.15 Å². The van der Waals surface area contributed by atoms with Crippen LogP contribution >= 0.6 is 23.2 Å². The number of hydrogen-bond acceptors (Lipinski definition) is 2. The summed E-state index contributed by atoms with van der Waals surface area (Å²) in [6, 6.07) is 4.58. The highest BCUT2D eigenvalue weighted by Crippen LogP contribution is 2.27. The summed E-state index contributed by atoms with van der Waals surface area (Å²) in [6.07, 6.45) is 0. The maximum atomic E-state index is 10.2. The van der Waals surface area contributed by atoms with E-state index in [1.165, 1.54) is 12.1 Å². The van der Waals surface area contributed by atoms with Gasteiger partial charge in [-0.1, -0.05) is 23.2 Å². The Morgan fingerprint density at radius 3 is 2.57 bits per heavy atom. The van der Waals surface area contributed by atoms with Crippen LogP contribution in [0.15, 0.2) is 18.2 Å². The molecule has 78 valence electrons. The van der Waals surface area contributed by atoms with Gasteiger partial charge >= 0.3 is 5.97 Å². The average Bonchev–Trinajstić information content (AvgIpc) is 2.02. The molecule has 0 aliphatic rings. The van der Waals surface area contributed by atoms with E-state index >= 15 is 0 Å². The lowest BCUT2D eigenvalue weighted by Gasteiger charge is -2.04. The molecule has 1 aromatic rings. The minimum Gasteiger partial charge on any atom is -0.480 e. The standard InChI is InChI=1S/C8H6Cl2O3.H3N/c9-5-1-2-7(6(10)3-5)13-4-8(11)12;/h1-3H,4H2,(H,11,12);1H3/p+1. The number of ether oxygens (including phenoxy) is 1. The van der Waals surface area contributed by atoms with Crippen molar-refractivity contribution >= 4 is 29.2 Å². The molecule has 5 N–H and O–H groups in total. The third-order valence-electron chi connectivity index (χ3n) is 1.25. The Morgan fingerprint density at radius 2 is 2.07 bits per heavy atom. The Kier molecular flexibility index (Phi) is 5.30. The second-order valence-corrected chi connectivity index (χ2v) is 3.10. The van der Waals surface area contributed by atoms with Crippen molar-refractivity contribution in [3.63, 3.8) is 0 Å². The number of aliphatic carboxylic acids is 1. The molecule has 0 bridgehead atoms. The molecule has 0 spiro atoms. The summed E-state index contributed by atoms with van der Waals surface area (Å²) in [7, 11) is 0. The minimum absolute atomic E-state index is 0. The lowest BCUT2D eigenvalue weighted by Crippen LogP contribution is -2.09. The molecule has 0 fully saturated rings. The molecule has 0 heterocycles. The van der Waals surface area contributed by atoms with Gasteiger partial charge in [-0.2, -0.15) is 0 Å². The average molecular weight is 239 g/mol. The Morgan fingerprint density at radius 1 is 1.43 bits per heavy atom. The predicted molar refractivity (Wildman–Crippen MR) is 55.6 cm³/mol. The number of rotatable bonds is 3. The number of hydrogen-bond donors (Lipinski definition) is 2. The molecule has 0 saturated heterocycles. The molecule has 1 rings (SSSR count). The predicted octanol–water partition coefficient (Wildman–Crippen LogP) is 2.83. The summed E-state index contributed by atoms with van der Waals surface area (Å²) < 4.78 is 4.86. The summed E-state index contributed by atoms with van der Waals surface area (Å²) in [5.41, 5.74) is 0. The third kappa shape index (κ3) is 3.83. The first-order valence-corrected chi connectivity index (χ1v) is 4.15. The van der Waals surface area contributed by atoms with Crippen LogP contribution in [0.1, 0.15) is 0 Å². The van der Waals surface area contributed by atoms with Crippen LogP contribution in [0, 0.1) is 0 Å². The molecule has 0 amide bonds. The van der Waals surface area contributed by atoms with Gasteiger partial charge in [-0.15, -0.1) is 0 Å². The van der Waals surface area contributed by atoms with Gasteiger partial charge in [-0.3, -0.25) is 0 Å². The van der Waals surface area contributed by atoms with Gasteiger partial charge in [0, 0.05) is 5.02 Å². The molecular formula is C8H10Cl2NO3+. The van der Waals surface area contributed by atoms with Gasteiger partial charge in [0.05, 0.1) is 5.02 Å². The summed E-state index contributed by atoms with van der Waals surface area (Å²) >= 11 is 11.3. The topological polar surface area (TPSA) is 83.0 Å². The van der Waals surface area contributed by atoms with Crippen LogP contribution in [0.3, 0.4) is 0 Å². The highest BCUT2D eigenvalue weighted by Gasteiger charge is 2.04. The Labute approximate surface area is 91.0 Å². The Bertz CT molecular complexity index is 330. The highest BCUT2D eigenvalue weighted by molar-refractivity contribution is 6.35. The quantitative estimate of drug-likeness (QED) is 0.850. The molecule has 0 saturated carbocycles. The van der Waals surface area contributed by atoms with Gasteiger partial charge in [0.25, 0.3) is 0 Å². The lowest BCUT2D eigenvalue weighted by atomic mass is 10.3. The summed E-state index contributed by atoms with van der Waals surface area (Å²) in [4.78, 5) is 10.2. The molecule has 0 aromatic heterocycles. The zero-order valence-corrected chi connectivity index (χ0v) is 8.97. The molecule has 6 heteroatoms. The summed E-state index contributed by atoms with van der Waals surface area (Å²) in [5.74, 6) is -0.737. The molecule has 4 nitrogen and oxygen atoms in total. The highest BCUT2D eigenvalue weighted by atomic mass is 35.5.